The lowest BCUT2D eigenvalue weighted by Gasteiger charge is -2.30. The second-order valence-electron chi connectivity index (χ2n) is 7.06. The predicted molar refractivity (Wildman–Crippen MR) is 110 cm³/mol. The van der Waals surface area contributed by atoms with Gasteiger partial charge < -0.3 is 4.90 Å². The molecule has 1 aromatic heterocycles. The van der Waals surface area contributed by atoms with Crippen molar-refractivity contribution in [2.45, 2.75) is 19.4 Å². The highest BCUT2D eigenvalue weighted by Gasteiger charge is 2.18. The van der Waals surface area contributed by atoms with Crippen molar-refractivity contribution < 1.29 is 9.59 Å². The number of hydrogen-bond donors (Lipinski definition) is 2. The fourth-order valence-corrected chi connectivity index (χ4v) is 3.53. The van der Waals surface area contributed by atoms with Crippen LogP contribution in [0.3, 0.4) is 0 Å². The van der Waals surface area contributed by atoms with E-state index in [-0.39, 0.29) is 18.4 Å². The lowest BCUT2D eigenvalue weighted by atomic mass is 10.0. The maximum absolute atomic E-state index is 12.3. The molecule has 0 unspecified atom stereocenters. The van der Waals surface area contributed by atoms with Crippen LogP contribution in [0, 0.1) is 0 Å². The molecule has 0 fully saturated rings. The number of hydrazine groups is 1. The molecule has 0 saturated heterocycles. The lowest BCUT2D eigenvalue weighted by molar-refractivity contribution is -0.120. The van der Waals surface area contributed by atoms with Gasteiger partial charge in [-0.25, -0.2) is 0 Å². The van der Waals surface area contributed by atoms with E-state index in [9.17, 15) is 9.59 Å². The number of rotatable bonds is 5. The van der Waals surface area contributed by atoms with E-state index in [4.69, 9.17) is 0 Å². The summed E-state index contributed by atoms with van der Waals surface area (Å²) >= 11 is 0. The monoisotopic (exact) mass is 389 g/mol. The van der Waals surface area contributed by atoms with Crippen LogP contribution in [0.4, 0.5) is 5.69 Å². The third-order valence-electron chi connectivity index (χ3n) is 4.98. The molecule has 0 aliphatic carbocycles. The van der Waals surface area contributed by atoms with Crippen LogP contribution in [-0.4, -0.2) is 34.7 Å². The molecule has 0 radical (unpaired) electrons. The Hall–Kier alpha value is -3.61. The van der Waals surface area contributed by atoms with Gasteiger partial charge in [0.25, 0.3) is 11.8 Å². The Bertz CT molecular complexity index is 983. The molecule has 3 aromatic rings. The number of hydrogen-bond acceptors (Lipinski definition) is 4. The molecule has 7 nitrogen and oxygen atoms in total. The summed E-state index contributed by atoms with van der Waals surface area (Å²) in [7, 11) is 0. The minimum absolute atomic E-state index is 0.208. The summed E-state index contributed by atoms with van der Waals surface area (Å²) in [5, 5.41) is 4.17. The van der Waals surface area contributed by atoms with E-state index >= 15 is 0 Å². The molecule has 0 spiro atoms. The van der Waals surface area contributed by atoms with Crippen LogP contribution < -0.4 is 15.8 Å². The molecule has 2 amide bonds. The minimum atomic E-state index is -0.344. The van der Waals surface area contributed by atoms with E-state index in [1.807, 2.05) is 52.2 Å². The van der Waals surface area contributed by atoms with Crippen LogP contribution in [0.2, 0.25) is 0 Å². The summed E-state index contributed by atoms with van der Waals surface area (Å²) in [6.45, 7) is 1.68. The molecule has 1 aliphatic rings. The molecule has 2 heterocycles. The summed E-state index contributed by atoms with van der Waals surface area (Å²) in [5.74, 6) is -0.589. The van der Waals surface area contributed by atoms with E-state index in [1.165, 1.54) is 5.56 Å². The summed E-state index contributed by atoms with van der Waals surface area (Å²) in [6, 6.07) is 17.2. The van der Waals surface area contributed by atoms with Crippen LogP contribution in [0.15, 0.2) is 67.0 Å². The van der Waals surface area contributed by atoms with Gasteiger partial charge in [0.2, 0.25) is 0 Å². The van der Waals surface area contributed by atoms with Gasteiger partial charge in [-0.15, -0.1) is 0 Å². The lowest BCUT2D eigenvalue weighted by Crippen LogP contribution is -2.47. The average molecular weight is 389 g/mol. The number of nitrogens with one attached hydrogen (secondary N) is 2. The third-order valence-corrected chi connectivity index (χ3v) is 4.98. The number of fused-ring (bicyclic) bond motifs is 1. The van der Waals surface area contributed by atoms with E-state index in [0.29, 0.717) is 12.1 Å². The smallest absolute Gasteiger partial charge is 0.269 e. The number of anilines is 1. The van der Waals surface area contributed by atoms with Crippen molar-refractivity contribution in [3.63, 3.8) is 0 Å². The molecule has 2 aromatic carbocycles. The van der Waals surface area contributed by atoms with Gasteiger partial charge in [-0.2, -0.15) is 5.10 Å². The van der Waals surface area contributed by atoms with Crippen molar-refractivity contribution in [3.8, 4) is 0 Å². The zero-order valence-electron chi connectivity index (χ0n) is 16.0. The van der Waals surface area contributed by atoms with Crippen LogP contribution in [0.5, 0.6) is 0 Å². The topological polar surface area (TPSA) is 79.3 Å². The number of aryl methyl sites for hydroxylation is 1. The number of benzene rings is 2. The highest BCUT2D eigenvalue weighted by atomic mass is 16.2. The molecule has 4 rings (SSSR count). The molecule has 29 heavy (non-hydrogen) atoms. The zero-order chi connectivity index (χ0) is 20.1. The van der Waals surface area contributed by atoms with Crippen molar-refractivity contribution in [2.24, 2.45) is 0 Å². The molecule has 0 atom stereocenters. The van der Waals surface area contributed by atoms with Crippen LogP contribution in [0.1, 0.15) is 27.9 Å². The van der Waals surface area contributed by atoms with E-state index in [1.54, 1.807) is 18.3 Å². The molecule has 0 bridgehead atoms. The van der Waals surface area contributed by atoms with Crippen LogP contribution in [-0.2, 0) is 17.8 Å². The SMILES string of the molecule is O=C(CN1CCCc2ccccc21)NNC(=O)c1ccc(Cn2cccn2)cc1. The number of amides is 2. The normalized spacial score (nSPS) is 12.9. The van der Waals surface area contributed by atoms with Gasteiger partial charge >= 0.3 is 0 Å². The van der Waals surface area contributed by atoms with Gasteiger partial charge in [0, 0.05) is 30.2 Å². The quantitative estimate of drug-likeness (QED) is 0.656. The fourth-order valence-electron chi connectivity index (χ4n) is 3.53. The third kappa shape index (κ3) is 4.63. The van der Waals surface area contributed by atoms with Crippen molar-refractivity contribution in [3.05, 3.63) is 83.7 Å². The molecule has 0 saturated carbocycles. The summed E-state index contributed by atoms with van der Waals surface area (Å²) in [4.78, 5) is 26.7. The maximum Gasteiger partial charge on any atom is 0.269 e. The molecule has 148 valence electrons. The second kappa shape index (κ2) is 8.60. The fraction of sp³-hybridized carbons (Fsp3) is 0.227. The van der Waals surface area contributed by atoms with E-state index in [0.717, 1.165) is 30.6 Å². The van der Waals surface area contributed by atoms with Gasteiger partial charge in [-0.1, -0.05) is 30.3 Å². The molecular weight excluding hydrogens is 366 g/mol. The maximum atomic E-state index is 12.3. The number of carbonyl (C=O) groups is 2. The Morgan fingerprint density at radius 2 is 1.83 bits per heavy atom. The van der Waals surface area contributed by atoms with Gasteiger partial charge in [0.1, 0.15) is 0 Å². The standard InChI is InChI=1S/C22H23N5O2/c28-21(16-26-13-3-6-18-5-1-2-7-20(18)26)24-25-22(29)19-10-8-17(9-11-19)15-27-14-4-12-23-27/h1-2,4-5,7-12,14H,3,6,13,15-16H2,(H,24,28)(H,25,29). The number of para-hydroxylation sites is 1. The van der Waals surface area contributed by atoms with Gasteiger partial charge in [-0.3, -0.25) is 25.1 Å². The predicted octanol–water partition coefficient (Wildman–Crippen LogP) is 2.15. The first-order chi connectivity index (χ1) is 14.2. The van der Waals surface area contributed by atoms with Crippen molar-refractivity contribution in [1.82, 2.24) is 20.6 Å². The first kappa shape index (κ1) is 18.7. The zero-order valence-corrected chi connectivity index (χ0v) is 16.0. The Morgan fingerprint density at radius 1 is 1.00 bits per heavy atom. The molecular formula is C22H23N5O2. The van der Waals surface area contributed by atoms with Gasteiger partial charge in [0.05, 0.1) is 13.1 Å². The van der Waals surface area contributed by atoms with Crippen molar-refractivity contribution in [1.29, 1.82) is 0 Å². The highest BCUT2D eigenvalue weighted by molar-refractivity contribution is 5.95. The van der Waals surface area contributed by atoms with Gasteiger partial charge in [-0.05, 0) is 48.2 Å². The first-order valence-corrected chi connectivity index (χ1v) is 9.67. The number of carbonyl (C=O) groups excluding carboxylic acids is 2. The second-order valence-corrected chi connectivity index (χ2v) is 7.06. The molecule has 7 heteroatoms. The average Bonchev–Trinajstić information content (AvgIpc) is 3.26. The van der Waals surface area contributed by atoms with Gasteiger partial charge in [0.15, 0.2) is 0 Å². The molecule has 2 N–H and O–H groups in total. The van der Waals surface area contributed by atoms with E-state index in [2.05, 4.69) is 22.0 Å². The summed E-state index contributed by atoms with van der Waals surface area (Å²) in [5.41, 5.74) is 8.88. The molecule has 1 aliphatic heterocycles. The van der Waals surface area contributed by atoms with Crippen molar-refractivity contribution >= 4 is 17.5 Å². The van der Waals surface area contributed by atoms with Crippen LogP contribution >= 0.6 is 0 Å². The Morgan fingerprint density at radius 3 is 2.62 bits per heavy atom. The van der Waals surface area contributed by atoms with Crippen molar-refractivity contribution in [2.75, 3.05) is 18.0 Å². The highest BCUT2D eigenvalue weighted by Crippen LogP contribution is 2.26. The Kier molecular flexibility index (Phi) is 5.56. The Balaban J connectivity index is 1.29. The minimum Gasteiger partial charge on any atom is -0.362 e. The van der Waals surface area contributed by atoms with E-state index < -0.39 is 0 Å². The Labute approximate surface area is 169 Å². The number of nitrogens with zero attached hydrogens (tertiary/aromatic N) is 3. The van der Waals surface area contributed by atoms with Crippen LogP contribution in [0.25, 0.3) is 0 Å². The first-order valence-electron chi connectivity index (χ1n) is 9.67. The number of aromatic nitrogens is 2. The largest absolute Gasteiger partial charge is 0.362 e. The summed E-state index contributed by atoms with van der Waals surface area (Å²) < 4.78 is 1.81. The summed E-state index contributed by atoms with van der Waals surface area (Å²) in [6.07, 6.45) is 5.66.